The highest BCUT2D eigenvalue weighted by Gasteiger charge is 2.27. The number of hydrogen-bond donors (Lipinski definition) is 1. The van der Waals surface area contributed by atoms with Gasteiger partial charge >= 0.3 is 0 Å². The maximum atomic E-state index is 5.16. The van der Waals surface area contributed by atoms with Gasteiger partial charge in [-0.2, -0.15) is 0 Å². The van der Waals surface area contributed by atoms with E-state index in [0.29, 0.717) is 12.0 Å². The summed E-state index contributed by atoms with van der Waals surface area (Å²) in [4.78, 5) is 2.37. The molecule has 0 radical (unpaired) electrons. The monoisotopic (exact) mass is 184 g/mol. The third-order valence-electron chi connectivity index (χ3n) is 2.57. The summed E-state index contributed by atoms with van der Waals surface area (Å²) >= 11 is 0. The van der Waals surface area contributed by atoms with E-state index in [0.717, 1.165) is 13.2 Å². The highest BCUT2D eigenvalue weighted by molar-refractivity contribution is 4.97. The van der Waals surface area contributed by atoms with E-state index in [-0.39, 0.29) is 0 Å². The van der Waals surface area contributed by atoms with Crippen LogP contribution in [0, 0.1) is 5.92 Å². The summed E-state index contributed by atoms with van der Waals surface area (Å²) in [6, 6.07) is 0.576. The molecule has 0 aliphatic carbocycles. The summed E-state index contributed by atoms with van der Waals surface area (Å²) < 4.78 is 5.16. The first-order valence-electron chi connectivity index (χ1n) is 4.81. The van der Waals surface area contributed by atoms with Crippen LogP contribution in [0.5, 0.6) is 0 Å². The van der Waals surface area contributed by atoms with Gasteiger partial charge in [0.25, 0.3) is 0 Å². The average molecular weight is 184 g/mol. The van der Waals surface area contributed by atoms with Gasteiger partial charge in [0.15, 0.2) is 0 Å². The average Bonchev–Trinajstić information content (AvgIpc) is 2.44. The maximum Gasteiger partial charge on any atom is 0.0503 e. The van der Waals surface area contributed by atoms with Crippen molar-refractivity contribution in [3.63, 3.8) is 0 Å². The van der Waals surface area contributed by atoms with Gasteiger partial charge in [0.2, 0.25) is 0 Å². The minimum Gasteiger partial charge on any atom is -0.394 e. The predicted octanol–water partition coefficient (Wildman–Crippen LogP) is 0.686. The van der Waals surface area contributed by atoms with Crippen LogP contribution in [0.25, 0.3) is 0 Å². The van der Waals surface area contributed by atoms with Gasteiger partial charge in [-0.3, -0.25) is 4.90 Å². The summed E-state index contributed by atoms with van der Waals surface area (Å²) in [6.45, 7) is 2.03. The lowest BCUT2D eigenvalue weighted by molar-refractivity contribution is 0.155. The molecule has 0 amide bonds. The van der Waals surface area contributed by atoms with Gasteiger partial charge in [-0.15, -0.1) is 0 Å². The molecule has 1 heterocycles. The number of likely N-dealkylation sites (N-methyl/N-ethyl adjacent to an activating group) is 1. The molecule has 0 bridgehead atoms. The van der Waals surface area contributed by atoms with Crippen molar-refractivity contribution < 1.29 is 4.74 Å². The summed E-state index contributed by atoms with van der Waals surface area (Å²) in [7, 11) is 5.87. The smallest absolute Gasteiger partial charge is 0.0503 e. The van der Waals surface area contributed by atoms with E-state index in [4.69, 9.17) is 4.74 Å². The van der Waals surface area contributed by atoms with Crippen molar-refractivity contribution in [2.24, 2.45) is 5.92 Å². The molecule has 2 unspecified atom stereocenters. The number of nitrogens with one attached hydrogen (secondary N) is 1. The second-order valence-corrected chi connectivity index (χ2v) is 3.71. The van der Waals surface area contributed by atoms with Crippen LogP contribution in [0.15, 0.2) is 12.3 Å². The van der Waals surface area contributed by atoms with Gasteiger partial charge in [-0.1, -0.05) is 6.08 Å². The second kappa shape index (κ2) is 5.25. The van der Waals surface area contributed by atoms with E-state index in [9.17, 15) is 0 Å². The fraction of sp³-hybridized carbons (Fsp3) is 0.800. The zero-order valence-corrected chi connectivity index (χ0v) is 8.79. The lowest BCUT2D eigenvalue weighted by atomic mass is 10.1. The molecule has 2 atom stereocenters. The normalized spacial score (nSPS) is 30.1. The molecule has 0 aromatic heterocycles. The molecular weight excluding hydrogens is 164 g/mol. The van der Waals surface area contributed by atoms with E-state index >= 15 is 0 Å². The molecule has 1 aliphatic heterocycles. The quantitative estimate of drug-likeness (QED) is 0.695. The Morgan fingerprint density at radius 2 is 2.38 bits per heavy atom. The molecule has 3 heteroatoms. The van der Waals surface area contributed by atoms with Crippen LogP contribution in [-0.2, 0) is 4.74 Å². The van der Waals surface area contributed by atoms with E-state index in [1.807, 2.05) is 13.2 Å². The van der Waals surface area contributed by atoms with Crippen LogP contribution >= 0.6 is 0 Å². The fourth-order valence-electron chi connectivity index (χ4n) is 1.93. The van der Waals surface area contributed by atoms with Crippen molar-refractivity contribution in [1.29, 1.82) is 0 Å². The zero-order valence-electron chi connectivity index (χ0n) is 8.79. The molecule has 3 nitrogen and oxygen atoms in total. The van der Waals surface area contributed by atoms with Crippen molar-refractivity contribution in [2.75, 3.05) is 34.4 Å². The Morgan fingerprint density at radius 3 is 3.00 bits per heavy atom. The van der Waals surface area contributed by atoms with Gasteiger partial charge in [0, 0.05) is 26.7 Å². The Balaban J connectivity index is 2.37. The van der Waals surface area contributed by atoms with Crippen LogP contribution in [0.4, 0.5) is 0 Å². The minimum absolute atomic E-state index is 0.576. The van der Waals surface area contributed by atoms with Crippen LogP contribution in [0.1, 0.15) is 6.42 Å². The molecule has 0 saturated carbocycles. The molecule has 1 N–H and O–H groups in total. The maximum absolute atomic E-state index is 5.16. The molecule has 1 aliphatic rings. The van der Waals surface area contributed by atoms with Gasteiger partial charge < -0.3 is 10.1 Å². The molecular formula is C10H20N2O. The Kier molecular flexibility index (Phi) is 4.25. The molecule has 13 heavy (non-hydrogen) atoms. The Bertz CT molecular complexity index is 170. The third-order valence-corrected chi connectivity index (χ3v) is 2.57. The number of rotatable bonds is 4. The summed E-state index contributed by atoms with van der Waals surface area (Å²) in [5.74, 6) is 0.696. The molecule has 76 valence electrons. The lowest BCUT2D eigenvalue weighted by Gasteiger charge is -2.14. The first-order chi connectivity index (χ1) is 6.27. The summed E-state index contributed by atoms with van der Waals surface area (Å²) in [5.41, 5.74) is 0. The standard InChI is InChI=1S/C10H20N2O/c1-11-5-4-10-6-9(8-13-3)7-12(10)2/h4-5,9-11H,6-8H2,1-3H3/b5-4+. The topological polar surface area (TPSA) is 24.5 Å². The Morgan fingerprint density at radius 1 is 1.62 bits per heavy atom. The van der Waals surface area contributed by atoms with Crippen molar-refractivity contribution >= 4 is 0 Å². The van der Waals surface area contributed by atoms with Gasteiger partial charge in [0.1, 0.15) is 0 Å². The number of ether oxygens (including phenoxy) is 1. The highest BCUT2D eigenvalue weighted by Crippen LogP contribution is 2.22. The van der Waals surface area contributed by atoms with Crippen LogP contribution in [0.2, 0.25) is 0 Å². The fourth-order valence-corrected chi connectivity index (χ4v) is 1.93. The molecule has 1 saturated heterocycles. The van der Waals surface area contributed by atoms with E-state index < -0.39 is 0 Å². The molecule has 1 fully saturated rings. The van der Waals surface area contributed by atoms with Gasteiger partial charge in [-0.05, 0) is 25.6 Å². The predicted molar refractivity (Wildman–Crippen MR) is 54.6 cm³/mol. The zero-order chi connectivity index (χ0) is 9.68. The second-order valence-electron chi connectivity index (χ2n) is 3.71. The van der Waals surface area contributed by atoms with Crippen molar-refractivity contribution in [3.8, 4) is 0 Å². The minimum atomic E-state index is 0.576. The first kappa shape index (κ1) is 10.5. The molecule has 1 rings (SSSR count). The summed E-state index contributed by atoms with van der Waals surface area (Å²) in [5, 5.41) is 3.02. The van der Waals surface area contributed by atoms with E-state index in [1.54, 1.807) is 7.11 Å². The highest BCUT2D eigenvalue weighted by atomic mass is 16.5. The SMILES string of the molecule is CN/C=C/C1CC(COC)CN1C. The summed E-state index contributed by atoms with van der Waals surface area (Å²) in [6.07, 6.45) is 5.44. The number of nitrogens with zero attached hydrogens (tertiary/aromatic N) is 1. The molecule has 0 aromatic rings. The lowest BCUT2D eigenvalue weighted by Crippen LogP contribution is -2.23. The number of methoxy groups -OCH3 is 1. The van der Waals surface area contributed by atoms with Crippen molar-refractivity contribution in [3.05, 3.63) is 12.3 Å². The van der Waals surface area contributed by atoms with E-state index in [1.165, 1.54) is 6.42 Å². The Hall–Kier alpha value is -0.540. The Labute approximate surface area is 80.8 Å². The number of likely N-dealkylation sites (tertiary alicyclic amines) is 1. The first-order valence-corrected chi connectivity index (χ1v) is 4.81. The van der Waals surface area contributed by atoms with Gasteiger partial charge in [-0.25, -0.2) is 0 Å². The molecule has 0 aromatic carbocycles. The van der Waals surface area contributed by atoms with Gasteiger partial charge in [0.05, 0.1) is 6.61 Å². The largest absolute Gasteiger partial charge is 0.394 e. The van der Waals surface area contributed by atoms with Crippen LogP contribution < -0.4 is 5.32 Å². The van der Waals surface area contributed by atoms with Crippen LogP contribution in [0.3, 0.4) is 0 Å². The van der Waals surface area contributed by atoms with Crippen molar-refractivity contribution in [2.45, 2.75) is 12.5 Å². The van der Waals surface area contributed by atoms with Crippen LogP contribution in [-0.4, -0.2) is 45.3 Å². The van der Waals surface area contributed by atoms with E-state index in [2.05, 4.69) is 23.3 Å². The third kappa shape index (κ3) is 3.01. The molecule has 0 spiro atoms. The number of hydrogen-bond acceptors (Lipinski definition) is 3. The van der Waals surface area contributed by atoms with Crippen molar-refractivity contribution in [1.82, 2.24) is 10.2 Å².